The van der Waals surface area contributed by atoms with Crippen LogP contribution >= 0.6 is 11.6 Å². The number of rotatable bonds is 8. The van der Waals surface area contributed by atoms with Gasteiger partial charge in [-0.2, -0.15) is 0 Å². The molecule has 3 aromatic carbocycles. The molecule has 6 nitrogen and oxygen atoms in total. The minimum atomic E-state index is -0.911. The summed E-state index contributed by atoms with van der Waals surface area (Å²) in [6, 6.07) is 20.6. The number of nitrogens with zero attached hydrogens (tertiary/aromatic N) is 1. The molecule has 34 heavy (non-hydrogen) atoms. The molecule has 1 aliphatic heterocycles. The second-order valence-electron chi connectivity index (χ2n) is 8.54. The summed E-state index contributed by atoms with van der Waals surface area (Å²) >= 11 is 6.14. The fraction of sp³-hybridized carbons (Fsp3) is 0.185. The predicted molar refractivity (Wildman–Crippen MR) is 137 cm³/mol. The van der Waals surface area contributed by atoms with Crippen LogP contribution < -0.4 is 10.6 Å². The Morgan fingerprint density at radius 3 is 2.56 bits per heavy atom. The number of hydrogen-bond donors (Lipinski definition) is 3. The minimum absolute atomic E-state index is 0.102. The van der Waals surface area contributed by atoms with Crippen molar-refractivity contribution in [1.82, 2.24) is 4.90 Å². The maximum absolute atomic E-state index is 13.1. The maximum Gasteiger partial charge on any atom is 0.307 e. The van der Waals surface area contributed by atoms with E-state index in [1.54, 1.807) is 30.3 Å². The summed E-state index contributed by atoms with van der Waals surface area (Å²) < 4.78 is 0. The number of nitrogens with one attached hydrogen (secondary N) is 2. The van der Waals surface area contributed by atoms with E-state index in [1.807, 2.05) is 38.4 Å². The predicted octanol–water partition coefficient (Wildman–Crippen LogP) is 5.00. The van der Waals surface area contributed by atoms with E-state index in [1.165, 1.54) is 5.56 Å². The Labute approximate surface area is 203 Å². The fourth-order valence-electron chi connectivity index (χ4n) is 3.99. The number of carboxylic acid groups (broad SMARTS) is 1. The van der Waals surface area contributed by atoms with Crippen molar-refractivity contribution in [3.8, 4) is 0 Å². The number of aliphatic carboxylic acids is 1. The van der Waals surface area contributed by atoms with Crippen molar-refractivity contribution in [3.05, 3.63) is 94.0 Å². The highest BCUT2D eigenvalue weighted by Crippen LogP contribution is 2.39. The van der Waals surface area contributed by atoms with Gasteiger partial charge in [0.1, 0.15) is 0 Å². The summed E-state index contributed by atoms with van der Waals surface area (Å²) in [5, 5.41) is 16.1. The smallest absolute Gasteiger partial charge is 0.307 e. The van der Waals surface area contributed by atoms with Gasteiger partial charge in [0.15, 0.2) is 0 Å². The lowest BCUT2D eigenvalue weighted by atomic mass is 9.98. The summed E-state index contributed by atoms with van der Waals surface area (Å²) in [6.45, 7) is 0.922. The van der Waals surface area contributed by atoms with Crippen molar-refractivity contribution in [1.29, 1.82) is 0 Å². The molecule has 1 amide bonds. The molecule has 0 unspecified atom stereocenters. The average Bonchev–Trinajstić information content (AvgIpc) is 3.10. The molecule has 7 heteroatoms. The van der Waals surface area contributed by atoms with Gasteiger partial charge in [-0.1, -0.05) is 48.0 Å². The zero-order valence-electron chi connectivity index (χ0n) is 19.1. The van der Waals surface area contributed by atoms with Crippen LogP contribution in [0.1, 0.15) is 22.3 Å². The lowest BCUT2D eigenvalue weighted by Crippen LogP contribution is -2.15. The van der Waals surface area contributed by atoms with Crippen molar-refractivity contribution < 1.29 is 14.7 Å². The second kappa shape index (κ2) is 10.1. The molecule has 3 N–H and O–H groups in total. The summed E-state index contributed by atoms with van der Waals surface area (Å²) in [5.41, 5.74) is 5.87. The number of benzene rings is 3. The third-order valence-electron chi connectivity index (χ3n) is 5.59. The lowest BCUT2D eigenvalue weighted by molar-refractivity contribution is -0.136. The lowest BCUT2D eigenvalue weighted by Gasteiger charge is -2.17. The molecular weight excluding hydrogens is 450 g/mol. The number of likely N-dealkylation sites (N-methyl/N-ethyl adjacent to an activating group) is 1. The van der Waals surface area contributed by atoms with Gasteiger partial charge in [-0.15, -0.1) is 0 Å². The van der Waals surface area contributed by atoms with Gasteiger partial charge in [0.2, 0.25) is 0 Å². The average molecular weight is 476 g/mol. The van der Waals surface area contributed by atoms with Crippen molar-refractivity contribution in [2.75, 3.05) is 31.3 Å². The van der Waals surface area contributed by atoms with Crippen molar-refractivity contribution >= 4 is 46.1 Å². The molecule has 4 rings (SSSR count). The zero-order chi connectivity index (χ0) is 24.2. The summed E-state index contributed by atoms with van der Waals surface area (Å²) in [7, 11) is 4.08. The molecule has 0 radical (unpaired) electrons. The molecule has 174 valence electrons. The fourth-order valence-corrected chi connectivity index (χ4v) is 4.16. The number of carbonyl (C=O) groups is 2. The standard InChI is InChI=1S/C27H26ClN3O3/c1-31(2)12-11-17-5-4-8-21(14-17)29-26(19-7-3-6-18(13-19)15-24(32)33)25-22-10-9-20(28)16-23(22)30-27(25)34/h3-10,13-14,16,29H,11-12,15H2,1-2H3,(H,30,34)(H,32,33). The topological polar surface area (TPSA) is 81.7 Å². The van der Waals surface area contributed by atoms with Crippen LogP contribution in [0.3, 0.4) is 0 Å². The van der Waals surface area contributed by atoms with E-state index < -0.39 is 5.97 Å². The molecule has 1 aliphatic rings. The number of hydrogen-bond acceptors (Lipinski definition) is 4. The van der Waals surface area contributed by atoms with Crippen LogP contribution in [-0.2, 0) is 22.4 Å². The van der Waals surface area contributed by atoms with Crippen LogP contribution in [0.15, 0.2) is 66.7 Å². The second-order valence-corrected chi connectivity index (χ2v) is 8.98. The highest BCUT2D eigenvalue weighted by Gasteiger charge is 2.28. The first-order valence-corrected chi connectivity index (χ1v) is 11.4. The van der Waals surface area contributed by atoms with Gasteiger partial charge in [-0.25, -0.2) is 0 Å². The van der Waals surface area contributed by atoms with E-state index in [-0.39, 0.29) is 12.3 Å². The van der Waals surface area contributed by atoms with Gasteiger partial charge >= 0.3 is 5.97 Å². The molecule has 0 fully saturated rings. The number of amides is 1. The molecule has 0 spiro atoms. The van der Waals surface area contributed by atoms with Gasteiger partial charge in [0, 0.05) is 22.8 Å². The Balaban J connectivity index is 1.81. The first-order chi connectivity index (χ1) is 16.3. The normalized spacial score (nSPS) is 14.1. The molecule has 0 atom stereocenters. The van der Waals surface area contributed by atoms with E-state index in [2.05, 4.69) is 27.7 Å². The number of fused-ring (bicyclic) bond motifs is 1. The minimum Gasteiger partial charge on any atom is -0.481 e. The molecule has 0 bridgehead atoms. The van der Waals surface area contributed by atoms with Crippen LogP contribution in [-0.4, -0.2) is 42.5 Å². The molecular formula is C27H26ClN3O3. The first-order valence-electron chi connectivity index (χ1n) is 11.0. The van der Waals surface area contributed by atoms with E-state index in [4.69, 9.17) is 11.6 Å². The number of carbonyl (C=O) groups excluding carboxylic acids is 1. The zero-order valence-corrected chi connectivity index (χ0v) is 19.8. The Kier molecular flexibility index (Phi) is 7.01. The van der Waals surface area contributed by atoms with Gasteiger partial charge in [0.25, 0.3) is 5.91 Å². The Hall–Kier alpha value is -3.61. The van der Waals surface area contributed by atoms with Crippen LogP contribution in [0.25, 0.3) is 11.3 Å². The van der Waals surface area contributed by atoms with Gasteiger partial charge < -0.3 is 20.6 Å². The maximum atomic E-state index is 13.1. The van der Waals surface area contributed by atoms with E-state index in [0.29, 0.717) is 27.5 Å². The van der Waals surface area contributed by atoms with Gasteiger partial charge in [-0.3, -0.25) is 9.59 Å². The molecule has 3 aromatic rings. The monoisotopic (exact) mass is 475 g/mol. The van der Waals surface area contributed by atoms with E-state index in [9.17, 15) is 14.7 Å². The first kappa shape index (κ1) is 23.5. The summed E-state index contributed by atoms with van der Waals surface area (Å²) in [4.78, 5) is 26.5. The van der Waals surface area contributed by atoms with Crippen LogP contribution in [0.4, 0.5) is 11.4 Å². The van der Waals surface area contributed by atoms with Crippen LogP contribution in [0, 0.1) is 0 Å². The van der Waals surface area contributed by atoms with E-state index >= 15 is 0 Å². The molecule has 1 heterocycles. The molecule has 0 aromatic heterocycles. The SMILES string of the molecule is CN(C)CCc1cccc(NC(=C2C(=O)Nc3cc(Cl)ccc32)c2cccc(CC(=O)O)c2)c1. The van der Waals surface area contributed by atoms with Crippen molar-refractivity contribution in [2.45, 2.75) is 12.8 Å². The van der Waals surface area contributed by atoms with Crippen LogP contribution in [0.2, 0.25) is 5.02 Å². The van der Waals surface area contributed by atoms with Gasteiger partial charge in [0.05, 0.1) is 23.4 Å². The number of anilines is 2. The molecule has 0 saturated carbocycles. The quantitative estimate of drug-likeness (QED) is 0.399. The Bertz CT molecular complexity index is 1280. The van der Waals surface area contributed by atoms with Crippen molar-refractivity contribution in [3.63, 3.8) is 0 Å². The third kappa shape index (κ3) is 5.47. The van der Waals surface area contributed by atoms with E-state index in [0.717, 1.165) is 29.8 Å². The highest BCUT2D eigenvalue weighted by atomic mass is 35.5. The van der Waals surface area contributed by atoms with Gasteiger partial charge in [-0.05, 0) is 67.5 Å². The van der Waals surface area contributed by atoms with Crippen molar-refractivity contribution in [2.24, 2.45) is 0 Å². The number of halogens is 1. The summed E-state index contributed by atoms with van der Waals surface area (Å²) in [6.07, 6.45) is 0.791. The molecule has 0 aliphatic carbocycles. The Morgan fingerprint density at radius 2 is 1.79 bits per heavy atom. The summed E-state index contributed by atoms with van der Waals surface area (Å²) in [5.74, 6) is -1.15. The largest absolute Gasteiger partial charge is 0.481 e. The Morgan fingerprint density at radius 1 is 1.03 bits per heavy atom. The highest BCUT2D eigenvalue weighted by molar-refractivity contribution is 6.38. The third-order valence-corrected chi connectivity index (χ3v) is 5.83. The molecule has 0 saturated heterocycles. The van der Waals surface area contributed by atoms with Crippen LogP contribution in [0.5, 0.6) is 0 Å². The number of carboxylic acids is 1.